The zero-order chi connectivity index (χ0) is 79.0. The van der Waals surface area contributed by atoms with Crippen LogP contribution in [-0.4, -0.2) is 198 Å². The number of nitrogens with one attached hydrogen (secondary N) is 11. The minimum Gasteiger partial charge on any atom is -0.508 e. The van der Waals surface area contributed by atoms with Crippen LogP contribution in [0.15, 0.2) is 72.2 Å². The molecule has 9 atom stereocenters. The first-order valence-electron chi connectivity index (χ1n) is 37.4. The molecule has 32 nitrogen and oxygen atoms in total. The van der Waals surface area contributed by atoms with Crippen LogP contribution < -0.4 is 59.3 Å². The van der Waals surface area contributed by atoms with E-state index in [0.717, 1.165) is 25.3 Å². The van der Waals surface area contributed by atoms with Crippen molar-refractivity contribution in [2.75, 3.05) is 26.2 Å². The van der Waals surface area contributed by atoms with E-state index in [4.69, 9.17) is 26.5 Å². The molecule has 2 fully saturated rings. The molecule has 6 rings (SSSR count). The summed E-state index contributed by atoms with van der Waals surface area (Å²) in [7, 11) is 0. The number of likely N-dealkylation sites (N-methyl/N-ethyl adjacent to an activating group) is 1. The number of hydrogen-bond donors (Lipinski definition) is 17. The number of carbonyl (C=O) groups excluding carboxylic acids is 10. The fourth-order valence-electron chi connectivity index (χ4n) is 12.4. The molecule has 107 heavy (non-hydrogen) atoms. The quantitative estimate of drug-likeness (QED) is 0.0171. The summed E-state index contributed by atoms with van der Waals surface area (Å²) in [6.45, 7) is 11.5. The van der Waals surface area contributed by atoms with Crippen LogP contribution in [0.1, 0.15) is 194 Å². The van der Waals surface area contributed by atoms with Crippen molar-refractivity contribution in [2.24, 2.45) is 28.3 Å². The number of carboxylic acid groups (broad SMARTS) is 2. The number of carbonyl (C=O) groups is 12. The van der Waals surface area contributed by atoms with Gasteiger partial charge in [0, 0.05) is 87.7 Å². The molecular weight excluding hydrogens is 1380 g/mol. The van der Waals surface area contributed by atoms with Gasteiger partial charge in [-0.25, -0.2) is 4.98 Å². The number of imidazole rings is 1. The number of phenols is 1. The molecule has 19 N–H and O–H groups in total. The third-order valence-electron chi connectivity index (χ3n) is 18.2. The lowest BCUT2D eigenvalue weighted by atomic mass is 9.98. The number of aliphatic hydroxyl groups is 1. The summed E-state index contributed by atoms with van der Waals surface area (Å²) in [5.74, 6) is -9.94. The summed E-state index contributed by atoms with van der Waals surface area (Å²) in [6, 6.07) is 1.48. The number of amides is 10. The largest absolute Gasteiger partial charge is 0.508 e. The molecule has 0 spiro atoms. The van der Waals surface area contributed by atoms with Crippen LogP contribution in [0.25, 0.3) is 10.9 Å². The zero-order valence-corrected chi connectivity index (χ0v) is 63.0. The van der Waals surface area contributed by atoms with Crippen molar-refractivity contribution in [3.63, 3.8) is 0 Å². The Kier molecular flexibility index (Phi) is 40.2. The molecule has 0 aliphatic carbocycles. The maximum atomic E-state index is 14.6. The van der Waals surface area contributed by atoms with Crippen molar-refractivity contribution < 1.29 is 78.0 Å². The molecule has 592 valence electrons. The number of unbranched alkanes of at least 4 members (excludes halogenated alkanes) is 12. The number of aromatic hydroxyl groups is 1. The molecule has 2 aromatic heterocycles. The molecule has 9 unspecified atom stereocenters. The molecule has 0 bridgehead atoms. The van der Waals surface area contributed by atoms with Crippen LogP contribution in [0.2, 0.25) is 0 Å². The smallest absolute Gasteiger partial charge is 0.303 e. The number of aromatic nitrogens is 3. The van der Waals surface area contributed by atoms with Crippen molar-refractivity contribution in [3.05, 3.63) is 84.1 Å². The average molecular weight is 1500 g/mol. The van der Waals surface area contributed by atoms with Crippen LogP contribution in [0.3, 0.4) is 0 Å². The second-order valence-electron chi connectivity index (χ2n) is 27.8. The first-order chi connectivity index (χ1) is 51.1. The Hall–Kier alpha value is -10.1. The fraction of sp³-hybridized carbons (Fsp3) is 0.600. The maximum Gasteiger partial charge on any atom is 0.303 e. The predicted octanol–water partition coefficient (Wildman–Crippen LogP) is 3.42. The number of rotatable bonds is 44. The molecule has 2 aromatic carbocycles. The van der Waals surface area contributed by atoms with E-state index in [1.165, 1.54) is 112 Å². The lowest BCUT2D eigenvalue weighted by Gasteiger charge is -2.31. The number of H-pyrrole nitrogens is 2. The molecule has 2 aliphatic heterocycles. The minimum atomic E-state index is -1.75. The number of para-hydroxylation sites is 1. The van der Waals surface area contributed by atoms with E-state index in [1.807, 2.05) is 6.07 Å². The number of aromatic amines is 2. The number of likely N-dealkylation sites (tertiary alicyclic amines) is 1. The Balaban J connectivity index is 0.000000948. The zero-order valence-electron chi connectivity index (χ0n) is 63.0. The summed E-state index contributed by atoms with van der Waals surface area (Å²) < 4.78 is 0. The molecule has 0 radical (unpaired) electrons. The van der Waals surface area contributed by atoms with E-state index >= 15 is 0 Å². The van der Waals surface area contributed by atoms with E-state index in [2.05, 4.69) is 74.7 Å². The second-order valence-corrected chi connectivity index (χ2v) is 27.8. The SMILES string of the molecule is CC(=O)O.CCCCCCCCCCCCCCCC(=O)O.CCNC(=O)C1CCCN1C(=O)C(CCCN=C(N)N)NC(=O)C(NC(=O)C(NC(=O)C(Cc1ccc(O)cc1)NC(=O)C(CO)NC(=O)C(Cc1c[nH]c2ccccc12)NC(=O)C(Cc1cnc[nH]1)NC(=O)C1CCC(=O)N1)C(C)C)C(C)C. The number of benzene rings is 2. The van der Waals surface area contributed by atoms with Gasteiger partial charge in [0.15, 0.2) is 5.96 Å². The van der Waals surface area contributed by atoms with Crippen LogP contribution in [0.5, 0.6) is 5.75 Å². The van der Waals surface area contributed by atoms with Crippen LogP contribution in [0.4, 0.5) is 0 Å². The number of guanidine groups is 1. The van der Waals surface area contributed by atoms with Crippen molar-refractivity contribution in [2.45, 2.75) is 251 Å². The monoisotopic (exact) mass is 1500 g/mol. The van der Waals surface area contributed by atoms with E-state index in [-0.39, 0.29) is 81.6 Å². The van der Waals surface area contributed by atoms with Gasteiger partial charge in [-0.1, -0.05) is 142 Å². The van der Waals surface area contributed by atoms with Crippen molar-refractivity contribution >= 4 is 87.9 Å². The van der Waals surface area contributed by atoms with E-state index in [1.54, 1.807) is 59.0 Å². The Morgan fingerprint density at radius 1 is 0.626 bits per heavy atom. The molecule has 0 saturated carbocycles. The number of aliphatic carboxylic acids is 2. The summed E-state index contributed by atoms with van der Waals surface area (Å²) >= 11 is 0. The number of nitrogens with zero attached hydrogens (tertiary/aromatic N) is 3. The molecule has 32 heteroatoms. The fourth-order valence-corrected chi connectivity index (χ4v) is 12.4. The molecule has 4 heterocycles. The number of aliphatic hydroxyl groups excluding tert-OH is 1. The third-order valence-corrected chi connectivity index (χ3v) is 18.2. The number of hydrogen-bond acceptors (Lipinski definition) is 16. The molecule has 10 amide bonds. The number of carboxylic acids is 2. The Labute approximate surface area is 625 Å². The number of phenolic OH excluding ortho intramolecular Hbond substituents is 1. The Bertz CT molecular complexity index is 3500. The summed E-state index contributed by atoms with van der Waals surface area (Å²) in [5, 5.41) is 61.5. The average Bonchev–Trinajstić information content (AvgIpc) is 1.77. The molecule has 2 saturated heterocycles. The third kappa shape index (κ3) is 32.6. The van der Waals surface area contributed by atoms with Crippen molar-refractivity contribution in [3.8, 4) is 5.75 Å². The van der Waals surface area contributed by atoms with Gasteiger partial charge >= 0.3 is 5.97 Å². The van der Waals surface area contributed by atoms with Gasteiger partial charge in [0.05, 0.1) is 12.9 Å². The summed E-state index contributed by atoms with van der Waals surface area (Å²) in [4.78, 5) is 174. The van der Waals surface area contributed by atoms with E-state index in [9.17, 15) is 63.0 Å². The molecule has 4 aromatic rings. The number of aliphatic imine (C=N–C) groups is 1. The van der Waals surface area contributed by atoms with Gasteiger partial charge in [0.25, 0.3) is 5.97 Å². The van der Waals surface area contributed by atoms with Gasteiger partial charge in [-0.3, -0.25) is 62.5 Å². The normalized spacial score (nSPS) is 15.8. The highest BCUT2D eigenvalue weighted by Crippen LogP contribution is 2.23. The van der Waals surface area contributed by atoms with Crippen LogP contribution >= 0.6 is 0 Å². The highest BCUT2D eigenvalue weighted by molar-refractivity contribution is 5.99. The Morgan fingerprint density at radius 2 is 1.16 bits per heavy atom. The van der Waals surface area contributed by atoms with Gasteiger partial charge in [0.2, 0.25) is 59.1 Å². The lowest BCUT2D eigenvalue weighted by Crippen LogP contribution is -2.62. The van der Waals surface area contributed by atoms with E-state index < -0.39 is 132 Å². The number of nitrogens with two attached hydrogens (primary N) is 2. The summed E-state index contributed by atoms with van der Waals surface area (Å²) in [5.41, 5.74) is 13.2. The standard InChI is InChI=1S/C57H80N16O12.C16H32O2.C2H4O2/c1-6-61-53(82)44-14-10-22-73(44)56(85)39(13-9-21-62-57(58)59)66-54(83)46(30(2)3)72-55(84)47(31(4)5)71-51(80)40(23-32-15-17-35(75)18-16-32)67-52(81)43(28-74)70-49(78)41(24-33-26-63-37-12-8-7-11-36(33)37)68-50(79)42(25-34-27-60-29-64-34)69-48(77)38-19-20-45(76)65-38;1-2-3-4-5-6-7-8-9-10-11-12-13-14-15-16(17)18;1-2(3)4/h7-8,11-12,15-18,26-27,29-31,38-44,46-47,63,74-75H,6,9-10,13-14,19-25,28H2,1-5H3,(H,60,64)(H,61,82)(H,65,76)(H,66,83)(H,67,81)(H,68,79)(H,69,77)(H,70,78)(H,71,80)(H,72,84)(H4,58,59,62);2-15H2,1H3,(H,17,18);1H3,(H,3,4). The summed E-state index contributed by atoms with van der Waals surface area (Å²) in [6.07, 6.45) is 22.9. The van der Waals surface area contributed by atoms with Gasteiger partial charge in [0.1, 0.15) is 60.1 Å². The van der Waals surface area contributed by atoms with Crippen molar-refractivity contribution in [1.29, 1.82) is 0 Å². The Morgan fingerprint density at radius 3 is 1.70 bits per heavy atom. The first kappa shape index (κ1) is 89.3. The highest BCUT2D eigenvalue weighted by atomic mass is 16.4. The second kappa shape index (κ2) is 48.1. The van der Waals surface area contributed by atoms with E-state index in [0.29, 0.717) is 48.0 Å². The lowest BCUT2D eigenvalue weighted by molar-refractivity contribution is -0.142. The van der Waals surface area contributed by atoms with Crippen LogP contribution in [0, 0.1) is 11.8 Å². The molecular formula is C75H116N16O16. The predicted molar refractivity (Wildman–Crippen MR) is 402 cm³/mol. The maximum absolute atomic E-state index is 14.6. The number of fused-ring (bicyclic) bond motifs is 1. The van der Waals surface area contributed by atoms with Gasteiger partial charge in [-0.15, -0.1) is 0 Å². The van der Waals surface area contributed by atoms with Crippen LogP contribution in [-0.2, 0) is 76.8 Å². The van der Waals surface area contributed by atoms with Gasteiger partial charge in [-0.05, 0) is 86.6 Å². The highest BCUT2D eigenvalue weighted by Gasteiger charge is 2.40. The minimum absolute atomic E-state index is 0.0826. The molecule has 2 aliphatic rings. The van der Waals surface area contributed by atoms with Crippen molar-refractivity contribution in [1.82, 2.24) is 67.7 Å². The van der Waals surface area contributed by atoms with Gasteiger partial charge in [-0.2, -0.15) is 0 Å². The topological polar surface area (TPSA) is 506 Å². The first-order valence-corrected chi connectivity index (χ1v) is 37.4. The van der Waals surface area contributed by atoms with Gasteiger partial charge < -0.3 is 94.6 Å².